The topological polar surface area (TPSA) is 79.8 Å². The van der Waals surface area contributed by atoms with E-state index in [1.54, 1.807) is 24.8 Å². The molecule has 0 fully saturated rings. The molecule has 2 heterocycles. The molecule has 0 spiro atoms. The Balaban J connectivity index is 1.76. The molecular weight excluding hydrogens is 268 g/mol. The van der Waals surface area contributed by atoms with Crippen molar-refractivity contribution >= 4 is 11.7 Å². The van der Waals surface area contributed by atoms with Gasteiger partial charge in [0.15, 0.2) is 5.78 Å². The molecule has 0 aliphatic rings. The Morgan fingerprint density at radius 2 is 2.29 bits per heavy atom. The van der Waals surface area contributed by atoms with Crippen LogP contribution >= 0.6 is 0 Å². The van der Waals surface area contributed by atoms with Crippen molar-refractivity contribution in [2.45, 2.75) is 32.7 Å². The monoisotopic (exact) mass is 288 g/mol. The number of Topliss-reactive ketones (excluding diaryl/α,β-unsaturated/α-hetero) is 1. The number of nitrogens with one attached hydrogen (secondary N) is 2. The summed E-state index contributed by atoms with van der Waals surface area (Å²) < 4.78 is 1.96. The Labute approximate surface area is 123 Å². The van der Waals surface area contributed by atoms with Gasteiger partial charge in [-0.2, -0.15) is 0 Å². The molecule has 6 heteroatoms. The van der Waals surface area contributed by atoms with Crippen LogP contribution in [0.5, 0.6) is 0 Å². The van der Waals surface area contributed by atoms with E-state index >= 15 is 0 Å². The van der Waals surface area contributed by atoms with Crippen LogP contribution in [0.15, 0.2) is 31.0 Å². The maximum absolute atomic E-state index is 11.9. The number of amides is 1. The zero-order chi connectivity index (χ0) is 15.1. The summed E-state index contributed by atoms with van der Waals surface area (Å²) in [6.45, 7) is 3.35. The zero-order valence-corrected chi connectivity index (χ0v) is 12.1. The van der Waals surface area contributed by atoms with Crippen molar-refractivity contribution in [2.75, 3.05) is 6.54 Å². The summed E-state index contributed by atoms with van der Waals surface area (Å²) in [5, 5.41) is 2.83. The number of aromatic nitrogens is 3. The van der Waals surface area contributed by atoms with Crippen molar-refractivity contribution in [2.24, 2.45) is 0 Å². The molecule has 2 N–H and O–H groups in total. The molecule has 0 atom stereocenters. The number of hydrogen-bond donors (Lipinski definition) is 2. The second kappa shape index (κ2) is 7.42. The third-order valence-electron chi connectivity index (χ3n) is 3.16. The Morgan fingerprint density at radius 3 is 3.00 bits per heavy atom. The smallest absolute Gasteiger partial charge is 0.267 e. The lowest BCUT2D eigenvalue weighted by Gasteiger charge is -2.04. The zero-order valence-electron chi connectivity index (χ0n) is 12.1. The van der Waals surface area contributed by atoms with Crippen LogP contribution < -0.4 is 5.32 Å². The number of hydrogen-bond acceptors (Lipinski definition) is 3. The maximum Gasteiger partial charge on any atom is 0.267 e. The first kappa shape index (κ1) is 15.0. The quantitative estimate of drug-likeness (QED) is 0.576. The van der Waals surface area contributed by atoms with Gasteiger partial charge in [-0.3, -0.25) is 9.59 Å². The second-order valence-electron chi connectivity index (χ2n) is 4.89. The first-order valence-corrected chi connectivity index (χ1v) is 7.16. The molecule has 0 aromatic carbocycles. The van der Waals surface area contributed by atoms with Crippen LogP contribution in [0, 0.1) is 0 Å². The highest BCUT2D eigenvalue weighted by Crippen LogP contribution is 2.08. The standard InChI is InChI=1S/C15H20N4O2/c1-2-4-14(20)12-9-13(18-10-12)15(21)17-5-3-7-19-8-6-16-11-19/h6,8-11,18H,2-5,7H2,1H3,(H,17,21). The minimum absolute atomic E-state index is 0.0629. The van der Waals surface area contributed by atoms with E-state index in [-0.39, 0.29) is 11.7 Å². The van der Waals surface area contributed by atoms with Crippen molar-refractivity contribution in [3.8, 4) is 0 Å². The number of carbonyl (C=O) groups is 2. The third-order valence-corrected chi connectivity index (χ3v) is 3.16. The van der Waals surface area contributed by atoms with Gasteiger partial charge < -0.3 is 14.9 Å². The minimum atomic E-state index is -0.184. The second-order valence-corrected chi connectivity index (χ2v) is 4.89. The molecule has 2 rings (SSSR count). The molecule has 1 amide bonds. The predicted octanol–water partition coefficient (Wildman–Crippen LogP) is 2.01. The summed E-state index contributed by atoms with van der Waals surface area (Å²) in [5.74, 6) is -0.121. The molecule has 0 radical (unpaired) electrons. The molecular formula is C15H20N4O2. The number of H-pyrrole nitrogens is 1. The van der Waals surface area contributed by atoms with Crippen LogP contribution in [0.4, 0.5) is 0 Å². The molecule has 0 bridgehead atoms. The van der Waals surface area contributed by atoms with E-state index in [0.717, 1.165) is 19.4 Å². The van der Waals surface area contributed by atoms with Gasteiger partial charge in [0.05, 0.1) is 6.33 Å². The van der Waals surface area contributed by atoms with Gasteiger partial charge in [0.2, 0.25) is 0 Å². The van der Waals surface area contributed by atoms with Crippen LogP contribution in [0.1, 0.15) is 47.0 Å². The van der Waals surface area contributed by atoms with Crippen LogP contribution in [-0.4, -0.2) is 32.8 Å². The first-order valence-electron chi connectivity index (χ1n) is 7.16. The van der Waals surface area contributed by atoms with Crippen molar-refractivity contribution in [1.82, 2.24) is 19.9 Å². The van der Waals surface area contributed by atoms with Crippen LogP contribution in [0.25, 0.3) is 0 Å². The molecule has 0 saturated heterocycles. The van der Waals surface area contributed by atoms with Crippen molar-refractivity contribution in [1.29, 1.82) is 0 Å². The van der Waals surface area contributed by atoms with Gasteiger partial charge in [-0.1, -0.05) is 6.92 Å². The highest BCUT2D eigenvalue weighted by molar-refractivity contribution is 6.00. The summed E-state index contributed by atoms with van der Waals surface area (Å²) in [7, 11) is 0. The third kappa shape index (κ3) is 4.30. The largest absolute Gasteiger partial charge is 0.356 e. The SMILES string of the molecule is CCCC(=O)c1c[nH]c(C(=O)NCCCn2ccnc2)c1. The average molecular weight is 288 g/mol. The predicted molar refractivity (Wildman–Crippen MR) is 79.2 cm³/mol. The summed E-state index contributed by atoms with van der Waals surface area (Å²) in [4.78, 5) is 30.4. The van der Waals surface area contributed by atoms with Gasteiger partial charge in [-0.05, 0) is 18.9 Å². The van der Waals surface area contributed by atoms with Crippen LogP contribution in [0.3, 0.4) is 0 Å². The molecule has 21 heavy (non-hydrogen) atoms. The fourth-order valence-electron chi connectivity index (χ4n) is 2.04. The van der Waals surface area contributed by atoms with Crippen LogP contribution in [0.2, 0.25) is 0 Å². The lowest BCUT2D eigenvalue weighted by atomic mass is 10.1. The van der Waals surface area contributed by atoms with Gasteiger partial charge in [-0.25, -0.2) is 4.98 Å². The van der Waals surface area contributed by atoms with Gasteiger partial charge in [-0.15, -0.1) is 0 Å². The maximum atomic E-state index is 11.9. The lowest BCUT2D eigenvalue weighted by Crippen LogP contribution is -2.25. The molecule has 2 aromatic heterocycles. The number of rotatable bonds is 8. The van der Waals surface area contributed by atoms with E-state index in [2.05, 4.69) is 15.3 Å². The van der Waals surface area contributed by atoms with E-state index < -0.39 is 0 Å². The lowest BCUT2D eigenvalue weighted by molar-refractivity contribution is 0.0948. The Bertz CT molecular complexity index is 587. The van der Waals surface area contributed by atoms with E-state index in [9.17, 15) is 9.59 Å². The van der Waals surface area contributed by atoms with E-state index in [0.29, 0.717) is 24.2 Å². The minimum Gasteiger partial charge on any atom is -0.356 e. The number of aryl methyl sites for hydroxylation is 1. The Morgan fingerprint density at radius 1 is 1.43 bits per heavy atom. The Hall–Kier alpha value is -2.37. The fourth-order valence-corrected chi connectivity index (χ4v) is 2.04. The molecule has 2 aromatic rings. The van der Waals surface area contributed by atoms with Gasteiger partial charge in [0.25, 0.3) is 5.91 Å². The number of nitrogens with zero attached hydrogens (tertiary/aromatic N) is 2. The van der Waals surface area contributed by atoms with E-state index in [1.165, 1.54) is 0 Å². The van der Waals surface area contributed by atoms with Gasteiger partial charge >= 0.3 is 0 Å². The van der Waals surface area contributed by atoms with Crippen molar-refractivity contribution in [3.63, 3.8) is 0 Å². The summed E-state index contributed by atoms with van der Waals surface area (Å²) >= 11 is 0. The number of ketones is 1. The van der Waals surface area contributed by atoms with E-state index in [1.807, 2.05) is 17.7 Å². The summed E-state index contributed by atoms with van der Waals surface area (Å²) in [5.41, 5.74) is 0.998. The van der Waals surface area contributed by atoms with Crippen molar-refractivity contribution in [3.05, 3.63) is 42.2 Å². The molecule has 0 aliphatic heterocycles. The number of aromatic amines is 1. The van der Waals surface area contributed by atoms with Gasteiger partial charge in [0.1, 0.15) is 5.69 Å². The first-order chi connectivity index (χ1) is 10.2. The molecule has 0 aliphatic carbocycles. The molecule has 0 unspecified atom stereocenters. The summed E-state index contributed by atoms with van der Waals surface area (Å²) in [6, 6.07) is 1.61. The average Bonchev–Trinajstić information content (AvgIpc) is 3.14. The van der Waals surface area contributed by atoms with Gasteiger partial charge in [0, 0.05) is 43.7 Å². The number of carbonyl (C=O) groups excluding carboxylic acids is 2. The van der Waals surface area contributed by atoms with Crippen LogP contribution in [-0.2, 0) is 6.54 Å². The fraction of sp³-hybridized carbons (Fsp3) is 0.400. The summed E-state index contributed by atoms with van der Waals surface area (Å²) in [6.07, 6.45) is 9.09. The molecule has 0 saturated carbocycles. The molecule has 112 valence electrons. The van der Waals surface area contributed by atoms with Crippen molar-refractivity contribution < 1.29 is 9.59 Å². The normalized spacial score (nSPS) is 10.5. The van der Waals surface area contributed by atoms with E-state index in [4.69, 9.17) is 0 Å². The highest BCUT2D eigenvalue weighted by Gasteiger charge is 2.11. The highest BCUT2D eigenvalue weighted by atomic mass is 16.2. The Kier molecular flexibility index (Phi) is 5.31. The molecule has 6 nitrogen and oxygen atoms in total. The number of imidazole rings is 1.